The van der Waals surface area contributed by atoms with Crippen LogP contribution in [0.4, 0.5) is 0 Å². The van der Waals surface area contributed by atoms with Crippen LogP contribution < -0.4 is 0 Å². The fourth-order valence-corrected chi connectivity index (χ4v) is 8.81. The zero-order valence-electron chi connectivity index (χ0n) is 34.9. The zero-order valence-corrected chi connectivity index (χ0v) is 34.9. The fraction of sp³-hybridized carbons (Fsp3) is 0.0517. The van der Waals surface area contributed by atoms with Crippen molar-refractivity contribution >= 4 is 0 Å². The van der Waals surface area contributed by atoms with Gasteiger partial charge in [-0.1, -0.05) is 202 Å². The molecule has 1 aliphatic rings. The van der Waals surface area contributed by atoms with Crippen molar-refractivity contribution in [1.29, 1.82) is 0 Å². The van der Waals surface area contributed by atoms with Crippen molar-refractivity contribution in [3.8, 4) is 101 Å². The highest BCUT2D eigenvalue weighted by molar-refractivity contribution is 5.84. The molecule has 0 spiro atoms. The van der Waals surface area contributed by atoms with Crippen molar-refractivity contribution in [2.24, 2.45) is 0 Å². The Balaban J connectivity index is 0.945. The summed E-state index contributed by atoms with van der Waals surface area (Å²) in [7, 11) is 0. The largest absolute Gasteiger partial charge is 0.228 e. The highest BCUT2D eigenvalue weighted by Crippen LogP contribution is 2.49. The Labute approximate surface area is 367 Å². The lowest BCUT2D eigenvalue weighted by Gasteiger charge is -2.22. The molecule has 298 valence electrons. The van der Waals surface area contributed by atoms with E-state index < -0.39 is 0 Å². The molecule has 8 aromatic carbocycles. The van der Waals surface area contributed by atoms with Crippen molar-refractivity contribution in [2.75, 3.05) is 0 Å². The fourth-order valence-electron chi connectivity index (χ4n) is 8.81. The van der Waals surface area contributed by atoms with Gasteiger partial charge in [0.1, 0.15) is 0 Å². The molecule has 0 bridgehead atoms. The molecular formula is C58H41N5. The van der Waals surface area contributed by atoms with Gasteiger partial charge in [0.25, 0.3) is 0 Å². The molecule has 5 nitrogen and oxygen atoms in total. The lowest BCUT2D eigenvalue weighted by molar-refractivity contribution is 0.660. The van der Waals surface area contributed by atoms with Gasteiger partial charge in [-0.2, -0.15) is 0 Å². The summed E-state index contributed by atoms with van der Waals surface area (Å²) in [5, 5.41) is 0. The summed E-state index contributed by atoms with van der Waals surface area (Å²) in [6.07, 6.45) is 0. The molecule has 2 heterocycles. The van der Waals surface area contributed by atoms with Gasteiger partial charge in [-0.05, 0) is 68.8 Å². The van der Waals surface area contributed by atoms with Gasteiger partial charge in [0.15, 0.2) is 23.3 Å². The third-order valence-electron chi connectivity index (χ3n) is 12.2. The Morgan fingerprint density at radius 1 is 0.254 bits per heavy atom. The number of nitrogens with zero attached hydrogens (tertiary/aromatic N) is 5. The SMILES string of the molecule is CC1(C)c2ccccc2-c2ccc(-c3ccc(-c4cc(-c5cccc(-c6cccc(-c7nc(-c8ccccc8)nc(-c8ccccc8)n7)c6)c5)nc(-c5ccccc5)n4)cc3)cc21. The van der Waals surface area contributed by atoms with E-state index in [1.165, 1.54) is 33.4 Å². The molecule has 10 aromatic rings. The Bertz CT molecular complexity index is 3230. The third kappa shape index (κ3) is 7.19. The smallest absolute Gasteiger partial charge is 0.164 e. The van der Waals surface area contributed by atoms with Crippen LogP contribution >= 0.6 is 0 Å². The summed E-state index contributed by atoms with van der Waals surface area (Å²) < 4.78 is 0. The number of hydrogen-bond donors (Lipinski definition) is 0. The zero-order chi connectivity index (χ0) is 42.3. The van der Waals surface area contributed by atoms with E-state index in [9.17, 15) is 0 Å². The molecule has 11 rings (SSSR count). The molecule has 0 saturated carbocycles. The van der Waals surface area contributed by atoms with Crippen molar-refractivity contribution in [2.45, 2.75) is 19.3 Å². The van der Waals surface area contributed by atoms with E-state index in [0.29, 0.717) is 23.3 Å². The van der Waals surface area contributed by atoms with E-state index in [2.05, 4.69) is 147 Å². The van der Waals surface area contributed by atoms with Crippen molar-refractivity contribution < 1.29 is 0 Å². The van der Waals surface area contributed by atoms with E-state index in [-0.39, 0.29) is 5.41 Å². The molecule has 0 radical (unpaired) electrons. The average Bonchev–Trinajstić information content (AvgIpc) is 3.59. The minimum Gasteiger partial charge on any atom is -0.228 e. The second kappa shape index (κ2) is 15.7. The first-order valence-electron chi connectivity index (χ1n) is 21.3. The van der Waals surface area contributed by atoms with Gasteiger partial charge in [0, 0.05) is 38.8 Å². The van der Waals surface area contributed by atoms with E-state index in [4.69, 9.17) is 24.9 Å². The van der Waals surface area contributed by atoms with Gasteiger partial charge >= 0.3 is 0 Å². The molecule has 0 atom stereocenters. The van der Waals surface area contributed by atoms with Crippen LogP contribution in [0.2, 0.25) is 0 Å². The van der Waals surface area contributed by atoms with E-state index >= 15 is 0 Å². The molecule has 0 saturated heterocycles. The quantitative estimate of drug-likeness (QED) is 0.153. The van der Waals surface area contributed by atoms with Gasteiger partial charge in [0.05, 0.1) is 11.4 Å². The minimum atomic E-state index is -0.0552. The Morgan fingerprint density at radius 2 is 0.651 bits per heavy atom. The molecule has 5 heteroatoms. The van der Waals surface area contributed by atoms with E-state index in [1.54, 1.807) is 0 Å². The third-order valence-corrected chi connectivity index (χ3v) is 12.2. The molecule has 0 aliphatic heterocycles. The topological polar surface area (TPSA) is 64.5 Å². The Morgan fingerprint density at radius 3 is 1.25 bits per heavy atom. The maximum atomic E-state index is 5.17. The van der Waals surface area contributed by atoms with Crippen LogP contribution in [0.5, 0.6) is 0 Å². The molecule has 63 heavy (non-hydrogen) atoms. The lowest BCUT2D eigenvalue weighted by atomic mass is 9.81. The van der Waals surface area contributed by atoms with Crippen LogP contribution in [0.15, 0.2) is 212 Å². The van der Waals surface area contributed by atoms with E-state index in [1.807, 2.05) is 78.9 Å². The van der Waals surface area contributed by atoms with Gasteiger partial charge in [0.2, 0.25) is 0 Å². The van der Waals surface area contributed by atoms with Crippen LogP contribution in [-0.2, 0) is 5.41 Å². The molecule has 0 unspecified atom stereocenters. The second-order valence-corrected chi connectivity index (χ2v) is 16.5. The normalized spacial score (nSPS) is 12.4. The van der Waals surface area contributed by atoms with Crippen LogP contribution in [0, 0.1) is 0 Å². The van der Waals surface area contributed by atoms with Gasteiger partial charge in [-0.15, -0.1) is 0 Å². The maximum absolute atomic E-state index is 5.17. The highest BCUT2D eigenvalue weighted by atomic mass is 15.0. The standard InChI is InChI=1S/C58H41N5/c1-58(2)50-27-13-12-26-48(50)49-33-32-45(36-51(49)58)38-28-30-39(31-29-38)52-37-53(60-54(59-52)40-16-6-3-7-17-40)46-24-14-22-43(34-46)44-23-15-25-47(35-44)57-62-55(41-18-8-4-9-19-41)61-56(63-57)42-20-10-5-11-21-42/h3-37H,1-2H3. The Kier molecular flexibility index (Phi) is 9.43. The van der Waals surface area contributed by atoms with Gasteiger partial charge in [-0.3, -0.25) is 0 Å². The monoisotopic (exact) mass is 807 g/mol. The molecule has 0 fully saturated rings. The second-order valence-electron chi connectivity index (χ2n) is 16.5. The number of aromatic nitrogens is 5. The molecule has 0 N–H and O–H groups in total. The summed E-state index contributed by atoms with van der Waals surface area (Å²) in [5.41, 5.74) is 17.3. The van der Waals surface area contributed by atoms with E-state index in [0.717, 1.165) is 55.9 Å². The molecular weight excluding hydrogens is 767 g/mol. The number of fused-ring (bicyclic) bond motifs is 3. The highest BCUT2D eigenvalue weighted by Gasteiger charge is 2.35. The number of rotatable bonds is 8. The predicted molar refractivity (Wildman–Crippen MR) is 256 cm³/mol. The Hall–Kier alpha value is -8.15. The number of benzene rings is 8. The van der Waals surface area contributed by atoms with Gasteiger partial charge < -0.3 is 0 Å². The summed E-state index contributed by atoms with van der Waals surface area (Å²) in [5.74, 6) is 2.56. The molecule has 2 aromatic heterocycles. The van der Waals surface area contributed by atoms with Crippen molar-refractivity contribution in [1.82, 2.24) is 24.9 Å². The predicted octanol–water partition coefficient (Wildman–Crippen LogP) is 14.3. The molecule has 0 amide bonds. The maximum Gasteiger partial charge on any atom is 0.164 e. The van der Waals surface area contributed by atoms with Crippen LogP contribution in [0.1, 0.15) is 25.0 Å². The molecule has 1 aliphatic carbocycles. The first kappa shape index (κ1) is 37.8. The van der Waals surface area contributed by atoms with Gasteiger partial charge in [-0.25, -0.2) is 24.9 Å². The van der Waals surface area contributed by atoms with Crippen LogP contribution in [0.25, 0.3) is 101 Å². The summed E-state index contributed by atoms with van der Waals surface area (Å²) >= 11 is 0. The van der Waals surface area contributed by atoms with Crippen molar-refractivity contribution in [3.63, 3.8) is 0 Å². The lowest BCUT2D eigenvalue weighted by Crippen LogP contribution is -2.14. The van der Waals surface area contributed by atoms with Crippen molar-refractivity contribution in [3.05, 3.63) is 223 Å². The first-order valence-corrected chi connectivity index (χ1v) is 21.3. The minimum absolute atomic E-state index is 0.0552. The van der Waals surface area contributed by atoms with Crippen LogP contribution in [0.3, 0.4) is 0 Å². The first-order chi connectivity index (χ1) is 30.9. The average molecular weight is 808 g/mol. The summed E-state index contributed by atoms with van der Waals surface area (Å²) in [4.78, 5) is 25.2. The van der Waals surface area contributed by atoms with Crippen LogP contribution in [-0.4, -0.2) is 24.9 Å². The summed E-state index contributed by atoms with van der Waals surface area (Å²) in [6, 6.07) is 73.9. The number of hydrogen-bond acceptors (Lipinski definition) is 5. The summed E-state index contributed by atoms with van der Waals surface area (Å²) in [6.45, 7) is 4.66.